The standard InChI is InChI=1S/C14H16BrN3O3/c1-8(19)13-11-5-10(15)4-9(6-17(2)3)14(11)18(16-13)7-12(20)21/h4-5H,6-7H2,1-3H3,(H,20,21). The lowest BCUT2D eigenvalue weighted by Gasteiger charge is -2.12. The summed E-state index contributed by atoms with van der Waals surface area (Å²) < 4.78 is 2.23. The Kier molecular flexibility index (Phi) is 4.43. The van der Waals surface area contributed by atoms with E-state index in [1.54, 1.807) is 6.07 Å². The van der Waals surface area contributed by atoms with Crippen LogP contribution in [-0.4, -0.2) is 45.6 Å². The lowest BCUT2D eigenvalue weighted by Crippen LogP contribution is -2.14. The van der Waals surface area contributed by atoms with E-state index in [0.29, 0.717) is 23.1 Å². The summed E-state index contributed by atoms with van der Waals surface area (Å²) in [7, 11) is 3.85. The Morgan fingerprint density at radius 1 is 1.38 bits per heavy atom. The Morgan fingerprint density at radius 2 is 2.05 bits per heavy atom. The van der Waals surface area contributed by atoms with Crippen molar-refractivity contribution in [2.75, 3.05) is 14.1 Å². The van der Waals surface area contributed by atoms with Crippen molar-refractivity contribution in [3.8, 4) is 0 Å². The first-order valence-corrected chi connectivity index (χ1v) is 7.15. The number of aromatic nitrogens is 2. The summed E-state index contributed by atoms with van der Waals surface area (Å²) in [5.74, 6) is -1.17. The second-order valence-electron chi connectivity index (χ2n) is 5.16. The molecular formula is C14H16BrN3O3. The van der Waals surface area contributed by atoms with Crippen LogP contribution < -0.4 is 0 Å². The molecule has 0 radical (unpaired) electrons. The fourth-order valence-electron chi connectivity index (χ4n) is 2.33. The van der Waals surface area contributed by atoms with E-state index in [2.05, 4.69) is 21.0 Å². The smallest absolute Gasteiger partial charge is 0.325 e. The molecule has 0 aliphatic heterocycles. The third-order valence-electron chi connectivity index (χ3n) is 2.99. The number of benzene rings is 1. The minimum atomic E-state index is -0.992. The summed E-state index contributed by atoms with van der Waals surface area (Å²) in [6, 6.07) is 3.73. The monoisotopic (exact) mass is 353 g/mol. The van der Waals surface area contributed by atoms with Gasteiger partial charge in [0.25, 0.3) is 0 Å². The molecule has 1 N–H and O–H groups in total. The van der Waals surface area contributed by atoms with Crippen molar-refractivity contribution < 1.29 is 14.7 Å². The van der Waals surface area contributed by atoms with Crippen LogP contribution in [0, 0.1) is 0 Å². The van der Waals surface area contributed by atoms with Crippen molar-refractivity contribution in [3.05, 3.63) is 27.9 Å². The van der Waals surface area contributed by atoms with Gasteiger partial charge in [-0.05, 0) is 31.8 Å². The quantitative estimate of drug-likeness (QED) is 0.833. The van der Waals surface area contributed by atoms with E-state index in [1.807, 2.05) is 25.1 Å². The Labute approximate surface area is 130 Å². The lowest BCUT2D eigenvalue weighted by molar-refractivity contribution is -0.137. The number of rotatable bonds is 5. The van der Waals surface area contributed by atoms with Crippen molar-refractivity contribution >= 4 is 38.6 Å². The number of carbonyl (C=O) groups excluding carboxylic acids is 1. The molecule has 0 bridgehead atoms. The van der Waals surface area contributed by atoms with Gasteiger partial charge in [-0.2, -0.15) is 5.10 Å². The molecule has 0 saturated heterocycles. The highest BCUT2D eigenvalue weighted by atomic mass is 79.9. The second kappa shape index (κ2) is 5.95. The van der Waals surface area contributed by atoms with Gasteiger partial charge in [0.1, 0.15) is 12.2 Å². The molecule has 7 heteroatoms. The highest BCUT2D eigenvalue weighted by Crippen LogP contribution is 2.28. The number of halogens is 1. The maximum Gasteiger partial charge on any atom is 0.325 e. The molecule has 21 heavy (non-hydrogen) atoms. The number of fused-ring (bicyclic) bond motifs is 1. The van der Waals surface area contributed by atoms with Crippen LogP contribution in [0.2, 0.25) is 0 Å². The lowest BCUT2D eigenvalue weighted by atomic mass is 10.1. The molecule has 6 nitrogen and oxygen atoms in total. The largest absolute Gasteiger partial charge is 0.480 e. The molecule has 112 valence electrons. The van der Waals surface area contributed by atoms with Crippen LogP contribution in [0.4, 0.5) is 0 Å². The van der Waals surface area contributed by atoms with Crippen LogP contribution in [0.3, 0.4) is 0 Å². The molecule has 0 unspecified atom stereocenters. The molecule has 1 aromatic heterocycles. The molecular weight excluding hydrogens is 338 g/mol. The van der Waals surface area contributed by atoms with E-state index >= 15 is 0 Å². The third kappa shape index (κ3) is 3.30. The molecule has 2 rings (SSSR count). The predicted molar refractivity (Wildman–Crippen MR) is 82.5 cm³/mol. The highest BCUT2D eigenvalue weighted by Gasteiger charge is 2.19. The van der Waals surface area contributed by atoms with Gasteiger partial charge in [-0.25, -0.2) is 0 Å². The molecule has 2 aromatic rings. The summed E-state index contributed by atoms with van der Waals surface area (Å²) in [5, 5.41) is 13.9. The number of nitrogens with zero attached hydrogens (tertiary/aromatic N) is 3. The van der Waals surface area contributed by atoms with Gasteiger partial charge in [0.15, 0.2) is 5.78 Å². The number of carboxylic acids is 1. The van der Waals surface area contributed by atoms with Crippen LogP contribution >= 0.6 is 15.9 Å². The van der Waals surface area contributed by atoms with Gasteiger partial charge in [-0.15, -0.1) is 0 Å². The maximum atomic E-state index is 11.8. The normalized spacial score (nSPS) is 11.3. The van der Waals surface area contributed by atoms with Crippen molar-refractivity contribution in [2.45, 2.75) is 20.0 Å². The number of hydrogen-bond donors (Lipinski definition) is 1. The average molecular weight is 354 g/mol. The van der Waals surface area contributed by atoms with Gasteiger partial charge in [0.05, 0.1) is 5.52 Å². The van der Waals surface area contributed by atoms with Crippen LogP contribution in [0.5, 0.6) is 0 Å². The number of aliphatic carboxylic acids is 1. The Hall–Kier alpha value is -1.73. The number of carbonyl (C=O) groups is 2. The minimum Gasteiger partial charge on any atom is -0.480 e. The maximum absolute atomic E-state index is 11.8. The van der Waals surface area contributed by atoms with E-state index in [0.717, 1.165) is 10.0 Å². The number of hydrogen-bond acceptors (Lipinski definition) is 4. The molecule has 1 aromatic carbocycles. The SMILES string of the molecule is CC(=O)c1nn(CC(=O)O)c2c(CN(C)C)cc(Br)cc12. The van der Waals surface area contributed by atoms with Crippen LogP contribution in [0.15, 0.2) is 16.6 Å². The van der Waals surface area contributed by atoms with Gasteiger partial charge >= 0.3 is 5.97 Å². The first-order valence-electron chi connectivity index (χ1n) is 6.36. The zero-order chi connectivity index (χ0) is 15.7. The summed E-state index contributed by atoms with van der Waals surface area (Å²) in [4.78, 5) is 24.8. The van der Waals surface area contributed by atoms with Crippen molar-refractivity contribution in [3.63, 3.8) is 0 Å². The summed E-state index contributed by atoms with van der Waals surface area (Å²) in [6.45, 7) is 1.78. The first kappa shape index (κ1) is 15.7. The molecule has 0 fully saturated rings. The predicted octanol–water partition coefficient (Wildman–Crippen LogP) is 2.15. The molecule has 0 aliphatic rings. The van der Waals surface area contributed by atoms with Crippen LogP contribution in [0.25, 0.3) is 10.9 Å². The van der Waals surface area contributed by atoms with Crippen molar-refractivity contribution in [1.29, 1.82) is 0 Å². The number of Topliss-reactive ketones (excluding diaryl/α,β-unsaturated/α-hetero) is 1. The van der Waals surface area contributed by atoms with Crippen LogP contribution in [0.1, 0.15) is 23.0 Å². The third-order valence-corrected chi connectivity index (χ3v) is 3.45. The molecule has 0 spiro atoms. The summed E-state index contributed by atoms with van der Waals surface area (Å²) >= 11 is 3.43. The Bertz CT molecular complexity index is 722. The topological polar surface area (TPSA) is 75.4 Å². The Balaban J connectivity index is 2.77. The molecule has 0 amide bonds. The van der Waals surface area contributed by atoms with Crippen LogP contribution in [-0.2, 0) is 17.9 Å². The van der Waals surface area contributed by atoms with Crippen molar-refractivity contribution in [2.24, 2.45) is 0 Å². The molecule has 0 saturated carbocycles. The molecule has 1 heterocycles. The summed E-state index contributed by atoms with van der Waals surface area (Å²) in [5.41, 5.74) is 1.91. The van der Waals surface area contributed by atoms with E-state index in [1.165, 1.54) is 11.6 Å². The second-order valence-corrected chi connectivity index (χ2v) is 6.07. The van der Waals surface area contributed by atoms with Gasteiger partial charge in [-0.3, -0.25) is 14.3 Å². The van der Waals surface area contributed by atoms with Gasteiger partial charge in [0, 0.05) is 23.3 Å². The van der Waals surface area contributed by atoms with E-state index in [4.69, 9.17) is 5.11 Å². The van der Waals surface area contributed by atoms with E-state index in [9.17, 15) is 9.59 Å². The first-order chi connectivity index (χ1) is 9.79. The van der Waals surface area contributed by atoms with Crippen molar-refractivity contribution in [1.82, 2.24) is 14.7 Å². The van der Waals surface area contributed by atoms with Gasteiger partial charge in [0.2, 0.25) is 0 Å². The van der Waals surface area contributed by atoms with E-state index < -0.39 is 5.97 Å². The zero-order valence-corrected chi connectivity index (χ0v) is 13.6. The highest BCUT2D eigenvalue weighted by molar-refractivity contribution is 9.10. The van der Waals surface area contributed by atoms with Gasteiger partial charge in [-0.1, -0.05) is 15.9 Å². The zero-order valence-electron chi connectivity index (χ0n) is 12.1. The molecule has 0 atom stereocenters. The van der Waals surface area contributed by atoms with Gasteiger partial charge < -0.3 is 10.0 Å². The van der Waals surface area contributed by atoms with E-state index in [-0.39, 0.29) is 12.3 Å². The average Bonchev–Trinajstić information content (AvgIpc) is 2.66. The molecule has 0 aliphatic carbocycles. The Morgan fingerprint density at radius 3 is 2.57 bits per heavy atom. The minimum absolute atomic E-state index is 0.182. The number of ketones is 1. The fourth-order valence-corrected chi connectivity index (χ4v) is 2.83. The summed E-state index contributed by atoms with van der Waals surface area (Å²) in [6.07, 6.45) is 0. The fraction of sp³-hybridized carbons (Fsp3) is 0.357. The number of carboxylic acid groups (broad SMARTS) is 1.